The third-order valence-corrected chi connectivity index (χ3v) is 12.4. The molecule has 4 heteroatoms. The third kappa shape index (κ3) is 35.4. The molecule has 54 heavy (non-hydrogen) atoms. The fourth-order valence-corrected chi connectivity index (χ4v) is 8.45. The van der Waals surface area contributed by atoms with E-state index in [1.165, 1.54) is 205 Å². The van der Waals surface area contributed by atoms with Gasteiger partial charge in [-0.3, -0.25) is 9.59 Å². The van der Waals surface area contributed by atoms with Crippen LogP contribution in [0.5, 0.6) is 0 Å². The summed E-state index contributed by atoms with van der Waals surface area (Å²) >= 11 is 0. The largest absolute Gasteiger partial charge is 0.465 e. The molecule has 0 amide bonds. The molecule has 0 radical (unpaired) electrons. The minimum atomic E-state index is -0.0260. The van der Waals surface area contributed by atoms with Crippen LogP contribution in [0, 0.1) is 11.8 Å². The van der Waals surface area contributed by atoms with Gasteiger partial charge < -0.3 is 9.47 Å². The normalized spacial score (nSPS) is 17.4. The van der Waals surface area contributed by atoms with E-state index >= 15 is 0 Å². The summed E-state index contributed by atoms with van der Waals surface area (Å²) in [5.74, 6) is 0.120. The molecule has 4 nitrogen and oxygen atoms in total. The van der Waals surface area contributed by atoms with Crippen LogP contribution in [0.1, 0.15) is 284 Å². The van der Waals surface area contributed by atoms with Crippen molar-refractivity contribution in [3.05, 3.63) is 0 Å². The summed E-state index contributed by atoms with van der Waals surface area (Å²) in [4.78, 5) is 25.5. The van der Waals surface area contributed by atoms with Gasteiger partial charge >= 0.3 is 11.9 Å². The molecule has 0 aromatic rings. The summed E-state index contributed by atoms with van der Waals surface area (Å²) in [6.45, 7) is 5.37. The van der Waals surface area contributed by atoms with Crippen LogP contribution in [0.15, 0.2) is 0 Å². The van der Waals surface area contributed by atoms with Crippen LogP contribution in [-0.2, 0) is 19.1 Å². The van der Waals surface area contributed by atoms with Crippen LogP contribution in [0.3, 0.4) is 0 Å². The zero-order valence-corrected chi connectivity index (χ0v) is 36.9. The summed E-state index contributed by atoms with van der Waals surface area (Å²) in [5, 5.41) is 0. The molecule has 0 aromatic carbocycles. The second-order valence-corrected chi connectivity index (χ2v) is 17.7. The Labute approximate surface area is 338 Å². The van der Waals surface area contributed by atoms with Gasteiger partial charge in [0.1, 0.15) is 0 Å². The van der Waals surface area contributed by atoms with Crippen LogP contribution in [0.4, 0.5) is 0 Å². The Bertz CT molecular complexity index is 759. The number of hydrogen-bond donors (Lipinski definition) is 0. The Kier molecular flexibility index (Phi) is 39.2. The van der Waals surface area contributed by atoms with E-state index < -0.39 is 0 Å². The molecule has 0 aromatic heterocycles. The van der Waals surface area contributed by atoms with E-state index in [4.69, 9.17) is 9.47 Å². The van der Waals surface area contributed by atoms with Gasteiger partial charge in [0.25, 0.3) is 0 Å². The number of carbonyl (C=O) groups excluding carboxylic acids is 2. The summed E-state index contributed by atoms with van der Waals surface area (Å²) in [6.07, 6.45) is 54.6. The molecule has 0 heterocycles. The van der Waals surface area contributed by atoms with Crippen LogP contribution in [-0.4, -0.2) is 25.2 Å². The topological polar surface area (TPSA) is 52.6 Å². The Balaban J connectivity index is 2.02. The lowest BCUT2D eigenvalue weighted by molar-refractivity contribution is -0.150. The average Bonchev–Trinajstić information content (AvgIpc) is 3.17. The number of hydrogen-bond acceptors (Lipinski definition) is 4. The van der Waals surface area contributed by atoms with E-state index in [1.54, 1.807) is 0 Å². The molecule has 0 aliphatic heterocycles. The second kappa shape index (κ2) is 41.6. The molecule has 0 N–H and O–H groups in total. The summed E-state index contributed by atoms with van der Waals surface area (Å²) in [6, 6.07) is 0. The van der Waals surface area contributed by atoms with E-state index in [0.29, 0.717) is 13.2 Å². The van der Waals surface area contributed by atoms with Crippen molar-refractivity contribution in [2.45, 2.75) is 284 Å². The van der Waals surface area contributed by atoms with E-state index in [0.717, 1.165) is 64.2 Å². The highest BCUT2D eigenvalue weighted by Crippen LogP contribution is 2.22. The first-order valence-corrected chi connectivity index (χ1v) is 25.0. The first kappa shape index (κ1) is 51.0. The molecule has 1 fully saturated rings. The first-order valence-electron chi connectivity index (χ1n) is 25.0. The highest BCUT2D eigenvalue weighted by molar-refractivity contribution is 5.72. The molecule has 1 aliphatic carbocycles. The zero-order valence-electron chi connectivity index (χ0n) is 36.9. The molecule has 1 atom stereocenters. The SMILES string of the molecule is CCCCCCCCCCCCCCCCCCCC(C)C(=O)OCCCCCCOC(=O)C1CCCCCCCCCCCCCCCCCCCC1. The van der Waals surface area contributed by atoms with Gasteiger partial charge in [-0.15, -0.1) is 0 Å². The molecule has 0 bridgehead atoms. The van der Waals surface area contributed by atoms with Crippen molar-refractivity contribution in [1.82, 2.24) is 0 Å². The molecular formula is C50H96O4. The minimum absolute atomic E-state index is 0.00696. The van der Waals surface area contributed by atoms with Crippen molar-refractivity contribution in [3.8, 4) is 0 Å². The van der Waals surface area contributed by atoms with Crippen molar-refractivity contribution in [2.75, 3.05) is 13.2 Å². The maximum atomic E-state index is 13.1. The van der Waals surface area contributed by atoms with E-state index in [1.807, 2.05) is 6.92 Å². The third-order valence-electron chi connectivity index (χ3n) is 12.4. The highest BCUT2D eigenvalue weighted by atomic mass is 16.5. The van der Waals surface area contributed by atoms with E-state index in [2.05, 4.69) is 6.92 Å². The van der Waals surface area contributed by atoms with Crippen molar-refractivity contribution in [2.24, 2.45) is 11.8 Å². The molecule has 1 rings (SSSR count). The fraction of sp³-hybridized carbons (Fsp3) is 0.960. The van der Waals surface area contributed by atoms with Crippen LogP contribution in [0.2, 0.25) is 0 Å². The lowest BCUT2D eigenvalue weighted by Crippen LogP contribution is -2.19. The minimum Gasteiger partial charge on any atom is -0.465 e. The van der Waals surface area contributed by atoms with Gasteiger partial charge in [-0.25, -0.2) is 0 Å². The second-order valence-electron chi connectivity index (χ2n) is 17.7. The quantitative estimate of drug-likeness (QED) is 0.0618. The predicted molar refractivity (Wildman–Crippen MR) is 234 cm³/mol. The predicted octanol–water partition coefficient (Wildman–Crippen LogP) is 16.7. The Morgan fingerprint density at radius 3 is 1.07 bits per heavy atom. The fourth-order valence-electron chi connectivity index (χ4n) is 8.45. The standard InChI is InChI=1S/C50H96O4/c1-3-4-5-6-7-8-9-10-11-14-17-20-23-26-29-32-37-42-47(2)49(51)53-45-40-35-36-41-46-54-50(52)48-43-38-33-30-27-24-21-18-15-12-13-16-19-22-25-28-31-34-39-44-48/h47-48H,3-46H2,1-2H3. The van der Waals surface area contributed by atoms with Gasteiger partial charge in [0.2, 0.25) is 0 Å². The molecule has 0 saturated heterocycles. The summed E-state index contributed by atoms with van der Waals surface area (Å²) in [5.41, 5.74) is 0. The number of rotatable bonds is 27. The monoisotopic (exact) mass is 761 g/mol. The number of carbonyl (C=O) groups is 2. The summed E-state index contributed by atoms with van der Waals surface area (Å²) < 4.78 is 11.4. The molecule has 0 spiro atoms. The lowest BCUT2D eigenvalue weighted by atomic mass is 9.94. The Morgan fingerprint density at radius 2 is 0.704 bits per heavy atom. The number of ether oxygens (including phenoxy) is 2. The Morgan fingerprint density at radius 1 is 0.407 bits per heavy atom. The molecule has 1 aliphatic rings. The first-order chi connectivity index (χ1) is 26.6. The van der Waals surface area contributed by atoms with E-state index in [9.17, 15) is 9.59 Å². The highest BCUT2D eigenvalue weighted by Gasteiger charge is 2.19. The van der Waals surface area contributed by atoms with Crippen LogP contribution >= 0.6 is 0 Å². The van der Waals surface area contributed by atoms with Crippen LogP contribution < -0.4 is 0 Å². The number of esters is 2. The van der Waals surface area contributed by atoms with Gasteiger partial charge in [-0.05, 0) is 44.9 Å². The maximum absolute atomic E-state index is 13.1. The van der Waals surface area contributed by atoms with Crippen molar-refractivity contribution >= 4 is 11.9 Å². The smallest absolute Gasteiger partial charge is 0.308 e. The van der Waals surface area contributed by atoms with Gasteiger partial charge in [0.15, 0.2) is 0 Å². The van der Waals surface area contributed by atoms with Crippen molar-refractivity contribution in [3.63, 3.8) is 0 Å². The summed E-state index contributed by atoms with van der Waals surface area (Å²) in [7, 11) is 0. The van der Waals surface area contributed by atoms with Gasteiger partial charge in [-0.2, -0.15) is 0 Å². The van der Waals surface area contributed by atoms with Gasteiger partial charge in [-0.1, -0.05) is 239 Å². The van der Waals surface area contributed by atoms with E-state index in [-0.39, 0.29) is 23.8 Å². The van der Waals surface area contributed by atoms with Crippen LogP contribution in [0.25, 0.3) is 0 Å². The van der Waals surface area contributed by atoms with Crippen molar-refractivity contribution < 1.29 is 19.1 Å². The molecule has 1 unspecified atom stereocenters. The van der Waals surface area contributed by atoms with Gasteiger partial charge in [0, 0.05) is 0 Å². The maximum Gasteiger partial charge on any atom is 0.308 e. The Hall–Kier alpha value is -1.06. The molecule has 1 saturated carbocycles. The number of unbranched alkanes of at least 4 members (excludes halogenated alkanes) is 19. The van der Waals surface area contributed by atoms with Crippen molar-refractivity contribution in [1.29, 1.82) is 0 Å². The molecule has 320 valence electrons. The average molecular weight is 761 g/mol. The molecular weight excluding hydrogens is 665 g/mol. The van der Waals surface area contributed by atoms with Gasteiger partial charge in [0.05, 0.1) is 25.0 Å². The lowest BCUT2D eigenvalue weighted by Gasteiger charge is -2.16. The zero-order chi connectivity index (χ0) is 38.8.